The van der Waals surface area contributed by atoms with Crippen molar-refractivity contribution in [3.05, 3.63) is 12.2 Å². The van der Waals surface area contributed by atoms with Gasteiger partial charge in [0.15, 0.2) is 5.79 Å². The van der Waals surface area contributed by atoms with E-state index in [1.54, 1.807) is 0 Å². The Morgan fingerprint density at radius 2 is 1.93 bits per heavy atom. The number of nitrogens with zero attached hydrogens (tertiary/aromatic N) is 1. The first-order valence-corrected chi connectivity index (χ1v) is 12.1. The van der Waals surface area contributed by atoms with Crippen LogP contribution in [0.4, 0.5) is 0 Å². The van der Waals surface area contributed by atoms with E-state index in [-0.39, 0.29) is 11.9 Å². The fraction of sp³-hybridized carbons (Fsp3) is 0.920. The second kappa shape index (κ2) is 10.3. The molecule has 2 heterocycles. The van der Waals surface area contributed by atoms with Gasteiger partial charge < -0.3 is 14.2 Å². The molecule has 3 fully saturated rings. The van der Waals surface area contributed by atoms with Gasteiger partial charge in [0.05, 0.1) is 18.8 Å². The topological polar surface area (TPSA) is 30.9 Å². The fourth-order valence-corrected chi connectivity index (χ4v) is 5.73. The Morgan fingerprint density at radius 3 is 2.55 bits per heavy atom. The Labute approximate surface area is 179 Å². The zero-order chi connectivity index (χ0) is 20.9. The molecule has 168 valence electrons. The highest BCUT2D eigenvalue weighted by Gasteiger charge is 2.46. The van der Waals surface area contributed by atoms with E-state index in [1.165, 1.54) is 44.1 Å². The van der Waals surface area contributed by atoms with Crippen molar-refractivity contribution in [2.75, 3.05) is 32.8 Å². The quantitative estimate of drug-likeness (QED) is 0.444. The van der Waals surface area contributed by atoms with Crippen LogP contribution in [0.25, 0.3) is 0 Å². The molecular formula is C25H45NO3. The van der Waals surface area contributed by atoms with Crippen molar-refractivity contribution in [1.82, 2.24) is 4.90 Å². The van der Waals surface area contributed by atoms with Crippen LogP contribution in [-0.4, -0.2) is 55.7 Å². The highest BCUT2D eigenvalue weighted by Crippen LogP contribution is 2.47. The molecule has 1 aliphatic carbocycles. The van der Waals surface area contributed by atoms with Crippen LogP contribution in [0.3, 0.4) is 0 Å². The second-order valence-corrected chi connectivity index (χ2v) is 10.6. The Hall–Kier alpha value is -0.420. The van der Waals surface area contributed by atoms with Gasteiger partial charge in [0.25, 0.3) is 0 Å². The predicted octanol–water partition coefficient (Wildman–Crippen LogP) is 5.56. The summed E-state index contributed by atoms with van der Waals surface area (Å²) in [4.78, 5) is 2.50. The Balaban J connectivity index is 1.44. The molecule has 4 nitrogen and oxygen atoms in total. The lowest BCUT2D eigenvalue weighted by Crippen LogP contribution is -2.40. The maximum absolute atomic E-state index is 6.53. The Morgan fingerprint density at radius 1 is 1.17 bits per heavy atom. The molecule has 0 aromatic heterocycles. The van der Waals surface area contributed by atoms with Gasteiger partial charge in [-0.05, 0) is 56.8 Å². The van der Waals surface area contributed by atoms with Gasteiger partial charge >= 0.3 is 0 Å². The lowest BCUT2D eigenvalue weighted by Gasteiger charge is -2.42. The van der Waals surface area contributed by atoms with Crippen molar-refractivity contribution in [3.63, 3.8) is 0 Å². The third kappa shape index (κ3) is 6.53. The molecule has 0 aromatic carbocycles. The van der Waals surface area contributed by atoms with Crippen molar-refractivity contribution in [2.45, 2.75) is 103 Å². The summed E-state index contributed by atoms with van der Waals surface area (Å²) in [6.07, 6.45) is 11.2. The lowest BCUT2D eigenvalue weighted by molar-refractivity contribution is -0.197. The van der Waals surface area contributed by atoms with Crippen LogP contribution in [0.2, 0.25) is 0 Å². The maximum Gasteiger partial charge on any atom is 0.168 e. The van der Waals surface area contributed by atoms with Crippen molar-refractivity contribution in [2.24, 2.45) is 11.3 Å². The van der Waals surface area contributed by atoms with E-state index in [2.05, 4.69) is 39.2 Å². The molecule has 2 atom stereocenters. The van der Waals surface area contributed by atoms with Gasteiger partial charge in [-0.1, -0.05) is 39.3 Å². The molecule has 29 heavy (non-hydrogen) atoms. The van der Waals surface area contributed by atoms with E-state index in [0.29, 0.717) is 11.5 Å². The van der Waals surface area contributed by atoms with Gasteiger partial charge in [0, 0.05) is 39.1 Å². The highest BCUT2D eigenvalue weighted by atomic mass is 16.7. The molecule has 4 heteroatoms. The highest BCUT2D eigenvalue weighted by molar-refractivity contribution is 4.93. The Bertz CT molecular complexity index is 518. The first kappa shape index (κ1) is 23.2. The molecule has 0 N–H and O–H groups in total. The summed E-state index contributed by atoms with van der Waals surface area (Å²) < 4.78 is 18.7. The summed E-state index contributed by atoms with van der Waals surface area (Å²) in [6, 6.07) is 0. The summed E-state index contributed by atoms with van der Waals surface area (Å²) in [7, 11) is 0. The number of hydrogen-bond donors (Lipinski definition) is 0. The van der Waals surface area contributed by atoms with E-state index in [0.717, 1.165) is 58.0 Å². The van der Waals surface area contributed by atoms with Crippen molar-refractivity contribution < 1.29 is 14.2 Å². The van der Waals surface area contributed by atoms with Crippen LogP contribution >= 0.6 is 0 Å². The average Bonchev–Trinajstić information content (AvgIpc) is 3.30. The number of hydrogen-bond acceptors (Lipinski definition) is 4. The van der Waals surface area contributed by atoms with Gasteiger partial charge in [-0.25, -0.2) is 0 Å². The smallest absolute Gasteiger partial charge is 0.168 e. The summed E-state index contributed by atoms with van der Waals surface area (Å²) in [5, 5.41) is 0. The molecule has 3 rings (SSSR count). The van der Waals surface area contributed by atoms with Crippen LogP contribution in [0, 0.1) is 11.3 Å². The number of ether oxygens (including phenoxy) is 3. The zero-order valence-electron chi connectivity index (χ0n) is 19.5. The molecule has 0 bridgehead atoms. The monoisotopic (exact) mass is 407 g/mol. The molecule has 0 amide bonds. The minimum Gasteiger partial charge on any atom is -0.377 e. The van der Waals surface area contributed by atoms with E-state index in [1.807, 2.05) is 0 Å². The second-order valence-electron chi connectivity index (χ2n) is 10.6. The van der Waals surface area contributed by atoms with Crippen molar-refractivity contribution in [3.8, 4) is 0 Å². The molecule has 2 unspecified atom stereocenters. The van der Waals surface area contributed by atoms with Gasteiger partial charge in [-0.3, -0.25) is 4.90 Å². The van der Waals surface area contributed by atoms with Gasteiger partial charge in [-0.15, -0.1) is 0 Å². The molecule has 1 saturated carbocycles. The standard InChI is InChI=1S/C25H45NO3/c1-6-12-24(4,5)21-9-13-25(14-10-21)28-19-23(29-25)11-15-26(17-20(2)3)18-22-8-7-16-27-22/h21-23H,2,6-19H2,1,3-5H3. The van der Waals surface area contributed by atoms with Gasteiger partial charge in [0.1, 0.15) is 0 Å². The minimum absolute atomic E-state index is 0.229. The van der Waals surface area contributed by atoms with Crippen LogP contribution in [0.15, 0.2) is 12.2 Å². The Kier molecular flexibility index (Phi) is 8.22. The predicted molar refractivity (Wildman–Crippen MR) is 119 cm³/mol. The third-order valence-electron chi connectivity index (χ3n) is 7.41. The molecular weight excluding hydrogens is 362 g/mol. The number of rotatable bonds is 10. The van der Waals surface area contributed by atoms with E-state index >= 15 is 0 Å². The first-order chi connectivity index (χ1) is 13.8. The maximum atomic E-state index is 6.53. The summed E-state index contributed by atoms with van der Waals surface area (Å²) in [5.41, 5.74) is 1.66. The van der Waals surface area contributed by atoms with Gasteiger partial charge in [-0.2, -0.15) is 0 Å². The largest absolute Gasteiger partial charge is 0.377 e. The first-order valence-electron chi connectivity index (χ1n) is 12.1. The van der Waals surface area contributed by atoms with Crippen LogP contribution in [0.5, 0.6) is 0 Å². The molecule has 2 aliphatic heterocycles. The molecule has 0 radical (unpaired) electrons. The summed E-state index contributed by atoms with van der Waals surface area (Å²) >= 11 is 0. The van der Waals surface area contributed by atoms with E-state index in [9.17, 15) is 0 Å². The lowest BCUT2D eigenvalue weighted by atomic mass is 9.68. The molecule has 3 aliphatic rings. The van der Waals surface area contributed by atoms with E-state index < -0.39 is 0 Å². The van der Waals surface area contributed by atoms with E-state index in [4.69, 9.17) is 14.2 Å². The normalized spacial score (nSPS) is 33.1. The fourth-order valence-electron chi connectivity index (χ4n) is 5.73. The zero-order valence-corrected chi connectivity index (χ0v) is 19.5. The van der Waals surface area contributed by atoms with Crippen molar-refractivity contribution >= 4 is 0 Å². The van der Waals surface area contributed by atoms with Crippen molar-refractivity contribution in [1.29, 1.82) is 0 Å². The molecule has 2 saturated heterocycles. The average molecular weight is 408 g/mol. The third-order valence-corrected chi connectivity index (χ3v) is 7.41. The summed E-state index contributed by atoms with van der Waals surface area (Å²) in [5.74, 6) is 0.508. The molecule has 1 spiro atoms. The van der Waals surface area contributed by atoms with Crippen LogP contribution in [0.1, 0.15) is 85.5 Å². The SMILES string of the molecule is C=C(C)CN(CCC1COC2(CCC(C(C)(C)CCC)CC2)O1)CC1CCCO1. The van der Waals surface area contributed by atoms with Gasteiger partial charge in [0.2, 0.25) is 0 Å². The van der Waals surface area contributed by atoms with Crippen LogP contribution in [-0.2, 0) is 14.2 Å². The molecule has 0 aromatic rings. The summed E-state index contributed by atoms with van der Waals surface area (Å²) in [6.45, 7) is 18.1. The minimum atomic E-state index is -0.294. The van der Waals surface area contributed by atoms with Crippen LogP contribution < -0.4 is 0 Å².